The predicted octanol–water partition coefficient (Wildman–Crippen LogP) is 2.90. The van der Waals surface area contributed by atoms with Crippen LogP contribution in [0.15, 0.2) is 35.5 Å². The van der Waals surface area contributed by atoms with Gasteiger partial charge in [-0.2, -0.15) is 0 Å². The number of nitrogens with one attached hydrogen (secondary N) is 1. The Kier molecular flexibility index (Phi) is 3.33. The van der Waals surface area contributed by atoms with E-state index >= 15 is 0 Å². The summed E-state index contributed by atoms with van der Waals surface area (Å²) in [7, 11) is 0. The normalized spacial score (nSPS) is 21.9. The largest absolute Gasteiger partial charge is 0.338 e. The van der Waals surface area contributed by atoms with Crippen LogP contribution in [0.1, 0.15) is 18.9 Å². The lowest BCUT2D eigenvalue weighted by atomic mass is 9.95. The third-order valence-electron chi connectivity index (χ3n) is 3.17. The molecule has 0 radical (unpaired) electrons. The number of nitrogens with zero attached hydrogens (tertiary/aromatic N) is 2. The van der Waals surface area contributed by atoms with Crippen LogP contribution in [0, 0.1) is 22.9 Å². The van der Waals surface area contributed by atoms with Gasteiger partial charge in [-0.05, 0) is 24.6 Å². The van der Waals surface area contributed by atoms with Gasteiger partial charge in [-0.25, -0.2) is 9.38 Å². The maximum Gasteiger partial charge on any atom is 0.279 e. The van der Waals surface area contributed by atoms with Gasteiger partial charge in [-0.3, -0.25) is 10.1 Å². The Labute approximate surface area is 110 Å². The molecule has 0 saturated carbocycles. The minimum atomic E-state index is -1.31. The van der Waals surface area contributed by atoms with Crippen molar-refractivity contribution in [2.24, 2.45) is 4.99 Å². The van der Waals surface area contributed by atoms with E-state index in [0.29, 0.717) is 11.3 Å². The highest BCUT2D eigenvalue weighted by Gasteiger charge is 2.43. The van der Waals surface area contributed by atoms with Gasteiger partial charge in [-0.15, -0.1) is 0 Å². The second-order valence-corrected chi connectivity index (χ2v) is 4.69. The molecular formula is C13H14FN3O2. The Balaban J connectivity index is 2.30. The molecule has 0 aromatic heterocycles. The maximum atomic E-state index is 13.5. The quantitative estimate of drug-likeness (QED) is 0.659. The van der Waals surface area contributed by atoms with Crippen LogP contribution in [0.25, 0.3) is 0 Å². The molecule has 0 aliphatic carbocycles. The second-order valence-electron chi connectivity index (χ2n) is 4.69. The van der Waals surface area contributed by atoms with Crippen LogP contribution >= 0.6 is 0 Å². The smallest absolute Gasteiger partial charge is 0.279 e. The van der Waals surface area contributed by atoms with E-state index < -0.39 is 5.54 Å². The molecule has 1 atom stereocenters. The van der Waals surface area contributed by atoms with Gasteiger partial charge in [0.25, 0.3) is 5.54 Å². The van der Waals surface area contributed by atoms with E-state index in [9.17, 15) is 14.5 Å². The third-order valence-corrected chi connectivity index (χ3v) is 3.17. The van der Waals surface area contributed by atoms with E-state index in [-0.39, 0.29) is 23.0 Å². The minimum absolute atomic E-state index is 0.211. The Hall–Kier alpha value is -2.24. The number of anilines is 1. The van der Waals surface area contributed by atoms with E-state index in [1.165, 1.54) is 19.2 Å². The molecule has 100 valence electrons. The van der Waals surface area contributed by atoms with Crippen molar-refractivity contribution >= 4 is 11.5 Å². The van der Waals surface area contributed by atoms with Crippen LogP contribution in [0.4, 0.5) is 10.1 Å². The van der Waals surface area contributed by atoms with Gasteiger partial charge >= 0.3 is 0 Å². The van der Waals surface area contributed by atoms with Gasteiger partial charge in [0.05, 0.1) is 0 Å². The van der Waals surface area contributed by atoms with Crippen molar-refractivity contribution in [2.75, 3.05) is 5.32 Å². The van der Waals surface area contributed by atoms with Crippen molar-refractivity contribution in [3.8, 4) is 0 Å². The van der Waals surface area contributed by atoms with Crippen molar-refractivity contribution in [1.29, 1.82) is 0 Å². The van der Waals surface area contributed by atoms with E-state index in [1.54, 1.807) is 25.1 Å². The van der Waals surface area contributed by atoms with Gasteiger partial charge < -0.3 is 5.32 Å². The molecule has 1 aliphatic rings. The summed E-state index contributed by atoms with van der Waals surface area (Å²) in [4.78, 5) is 14.8. The van der Waals surface area contributed by atoms with Gasteiger partial charge in [-0.1, -0.05) is 12.1 Å². The molecule has 19 heavy (non-hydrogen) atoms. The molecule has 6 heteroatoms. The van der Waals surface area contributed by atoms with Crippen molar-refractivity contribution < 1.29 is 9.31 Å². The van der Waals surface area contributed by atoms with E-state index in [4.69, 9.17) is 0 Å². The lowest BCUT2D eigenvalue weighted by molar-refractivity contribution is -0.542. The zero-order chi connectivity index (χ0) is 14.0. The van der Waals surface area contributed by atoms with Gasteiger partial charge in [0.1, 0.15) is 5.82 Å². The van der Waals surface area contributed by atoms with Crippen molar-refractivity contribution in [2.45, 2.75) is 25.8 Å². The summed E-state index contributed by atoms with van der Waals surface area (Å²) in [6.45, 7) is 3.15. The van der Waals surface area contributed by atoms with Crippen molar-refractivity contribution in [1.82, 2.24) is 0 Å². The fourth-order valence-electron chi connectivity index (χ4n) is 1.78. The first-order chi connectivity index (χ1) is 8.93. The molecule has 1 N–H and O–H groups in total. The van der Waals surface area contributed by atoms with E-state index in [2.05, 4.69) is 10.3 Å². The highest BCUT2D eigenvalue weighted by Crippen LogP contribution is 2.23. The number of hydrogen-bond donors (Lipinski definition) is 1. The zero-order valence-electron chi connectivity index (χ0n) is 10.7. The molecule has 2 rings (SSSR count). The summed E-state index contributed by atoms with van der Waals surface area (Å²) >= 11 is 0. The highest BCUT2D eigenvalue weighted by atomic mass is 19.1. The average Bonchev–Trinajstić information content (AvgIpc) is 2.36. The molecule has 1 aromatic carbocycles. The number of benzene rings is 1. The second kappa shape index (κ2) is 4.79. The molecule has 1 aliphatic heterocycles. The SMILES string of the molecule is Cc1ccc(NC2=NC=CCC2(C)[N+](=O)[O-])cc1F. The lowest BCUT2D eigenvalue weighted by Gasteiger charge is -2.24. The Bertz CT molecular complexity index is 583. The molecule has 0 spiro atoms. The van der Waals surface area contributed by atoms with Crippen LogP contribution in [0.3, 0.4) is 0 Å². The van der Waals surface area contributed by atoms with Crippen LogP contribution in [-0.2, 0) is 0 Å². The summed E-state index contributed by atoms with van der Waals surface area (Å²) in [5.74, 6) is -0.150. The molecule has 0 saturated heterocycles. The molecule has 1 heterocycles. The zero-order valence-corrected chi connectivity index (χ0v) is 10.7. The number of halogens is 1. The molecule has 0 amide bonds. The first kappa shape index (κ1) is 13.2. The van der Waals surface area contributed by atoms with E-state index in [1.807, 2.05) is 0 Å². The number of aliphatic imine (C=N–C) groups is 1. The fraction of sp³-hybridized carbons (Fsp3) is 0.308. The monoisotopic (exact) mass is 263 g/mol. The molecule has 1 unspecified atom stereocenters. The maximum absolute atomic E-state index is 13.5. The minimum Gasteiger partial charge on any atom is -0.338 e. The molecule has 0 bridgehead atoms. The number of amidine groups is 1. The average molecular weight is 263 g/mol. The molecule has 1 aromatic rings. The van der Waals surface area contributed by atoms with Crippen LogP contribution in [0.5, 0.6) is 0 Å². The number of nitro groups is 1. The Morgan fingerprint density at radius 3 is 2.89 bits per heavy atom. The molecule has 5 nitrogen and oxygen atoms in total. The van der Waals surface area contributed by atoms with Crippen LogP contribution in [0.2, 0.25) is 0 Å². The summed E-state index contributed by atoms with van der Waals surface area (Å²) in [6.07, 6.45) is 3.40. The van der Waals surface area contributed by atoms with Gasteiger partial charge in [0.2, 0.25) is 0 Å². The molecule has 0 fully saturated rings. The fourth-order valence-corrected chi connectivity index (χ4v) is 1.78. The first-order valence-corrected chi connectivity index (χ1v) is 5.84. The summed E-state index contributed by atoms with van der Waals surface area (Å²) in [5.41, 5.74) is -0.339. The van der Waals surface area contributed by atoms with Crippen molar-refractivity contribution in [3.63, 3.8) is 0 Å². The predicted molar refractivity (Wildman–Crippen MR) is 71.4 cm³/mol. The third kappa shape index (κ3) is 2.47. The number of hydrogen-bond acceptors (Lipinski definition) is 4. The van der Waals surface area contributed by atoms with Crippen LogP contribution < -0.4 is 5.32 Å². The van der Waals surface area contributed by atoms with Gasteiger partial charge in [0, 0.05) is 30.2 Å². The van der Waals surface area contributed by atoms with E-state index in [0.717, 1.165) is 0 Å². The Morgan fingerprint density at radius 1 is 1.53 bits per heavy atom. The number of aryl methyl sites for hydroxylation is 1. The van der Waals surface area contributed by atoms with Crippen LogP contribution in [-0.4, -0.2) is 16.3 Å². The van der Waals surface area contributed by atoms with Crippen molar-refractivity contribution in [3.05, 3.63) is 52.0 Å². The van der Waals surface area contributed by atoms with Gasteiger partial charge in [0.15, 0.2) is 5.84 Å². The summed E-state index contributed by atoms with van der Waals surface area (Å²) < 4.78 is 13.5. The molecular weight excluding hydrogens is 249 g/mol. The lowest BCUT2D eigenvalue weighted by Crippen LogP contribution is -2.47. The highest BCUT2D eigenvalue weighted by molar-refractivity contribution is 6.02. The Morgan fingerprint density at radius 2 is 2.26 bits per heavy atom. The number of rotatable bonds is 2. The summed E-state index contributed by atoms with van der Waals surface area (Å²) in [6, 6.07) is 4.58. The standard InChI is InChI=1S/C13H14FN3O2/c1-9-4-5-10(8-11(9)14)16-12-13(2,17(18)19)6-3-7-15-12/h3-5,7-8H,6H2,1-2H3,(H,15,16). The summed E-state index contributed by atoms with van der Waals surface area (Å²) in [5, 5.41) is 14.0. The first-order valence-electron chi connectivity index (χ1n) is 5.84. The topological polar surface area (TPSA) is 67.5 Å².